The average molecular weight is 304 g/mol. The lowest BCUT2D eigenvalue weighted by Gasteiger charge is -2.35. The van der Waals surface area contributed by atoms with Crippen molar-refractivity contribution in [2.24, 2.45) is 0 Å². The van der Waals surface area contributed by atoms with Crippen LogP contribution < -0.4 is 9.80 Å². The highest BCUT2D eigenvalue weighted by Gasteiger charge is 2.21. The largest absolute Gasteiger partial charge is 0.353 e. The van der Waals surface area contributed by atoms with Crippen LogP contribution in [0.1, 0.15) is 31.4 Å². The zero-order chi connectivity index (χ0) is 14.8. The SMILES string of the molecule is Cc1nccc(N2CCN(c3nc(C(C)C)ns3)CC2)n1. The van der Waals surface area contributed by atoms with Crippen molar-refractivity contribution >= 4 is 22.5 Å². The maximum Gasteiger partial charge on any atom is 0.205 e. The third-order valence-electron chi connectivity index (χ3n) is 3.58. The lowest BCUT2D eigenvalue weighted by molar-refractivity contribution is 0.642. The molecule has 1 saturated heterocycles. The van der Waals surface area contributed by atoms with Gasteiger partial charge in [-0.05, 0) is 13.0 Å². The number of aryl methyl sites for hydroxylation is 1. The van der Waals surface area contributed by atoms with Gasteiger partial charge in [0.25, 0.3) is 0 Å². The quantitative estimate of drug-likeness (QED) is 0.865. The van der Waals surface area contributed by atoms with Crippen LogP contribution in [0.2, 0.25) is 0 Å². The fourth-order valence-electron chi connectivity index (χ4n) is 2.34. The lowest BCUT2D eigenvalue weighted by Crippen LogP contribution is -2.46. The van der Waals surface area contributed by atoms with E-state index in [1.807, 2.05) is 19.2 Å². The van der Waals surface area contributed by atoms with Crippen LogP contribution in [-0.2, 0) is 0 Å². The fourth-order valence-corrected chi connectivity index (χ4v) is 3.20. The van der Waals surface area contributed by atoms with Crippen LogP contribution in [0.15, 0.2) is 12.3 Å². The van der Waals surface area contributed by atoms with Gasteiger partial charge in [0.1, 0.15) is 17.5 Å². The number of rotatable bonds is 3. The molecule has 0 spiro atoms. The van der Waals surface area contributed by atoms with Gasteiger partial charge in [-0.2, -0.15) is 4.37 Å². The van der Waals surface area contributed by atoms with E-state index in [-0.39, 0.29) is 0 Å². The molecule has 0 radical (unpaired) electrons. The average Bonchev–Trinajstić information content (AvgIpc) is 2.97. The van der Waals surface area contributed by atoms with Crippen LogP contribution in [0.4, 0.5) is 10.9 Å². The summed E-state index contributed by atoms with van der Waals surface area (Å²) in [6.07, 6.45) is 1.82. The molecule has 3 rings (SSSR count). The molecule has 2 aromatic heterocycles. The van der Waals surface area contributed by atoms with Crippen molar-refractivity contribution < 1.29 is 0 Å². The molecule has 1 aliphatic rings. The summed E-state index contributed by atoms with van der Waals surface area (Å²) in [5.41, 5.74) is 0. The van der Waals surface area contributed by atoms with Gasteiger partial charge in [0.2, 0.25) is 5.13 Å². The van der Waals surface area contributed by atoms with Crippen LogP contribution in [-0.4, -0.2) is 45.5 Å². The van der Waals surface area contributed by atoms with Crippen LogP contribution in [0.5, 0.6) is 0 Å². The van der Waals surface area contributed by atoms with Crippen LogP contribution in [0.3, 0.4) is 0 Å². The maximum absolute atomic E-state index is 4.63. The number of hydrogen-bond acceptors (Lipinski definition) is 7. The molecule has 1 fully saturated rings. The van der Waals surface area contributed by atoms with Gasteiger partial charge in [0.15, 0.2) is 0 Å². The van der Waals surface area contributed by atoms with Gasteiger partial charge in [0, 0.05) is 49.8 Å². The van der Waals surface area contributed by atoms with Crippen molar-refractivity contribution in [3.05, 3.63) is 23.9 Å². The van der Waals surface area contributed by atoms with E-state index in [0.29, 0.717) is 5.92 Å². The Bertz CT molecular complexity index is 603. The first-order chi connectivity index (χ1) is 10.1. The molecule has 0 N–H and O–H groups in total. The standard InChI is InChI=1S/C14H20N6S/c1-10(2)13-17-14(21-18-13)20-8-6-19(7-9-20)12-4-5-15-11(3)16-12/h4-5,10H,6-9H2,1-3H3. The number of nitrogens with zero attached hydrogens (tertiary/aromatic N) is 6. The van der Waals surface area contributed by atoms with Gasteiger partial charge < -0.3 is 9.80 Å². The van der Waals surface area contributed by atoms with Crippen LogP contribution in [0.25, 0.3) is 0 Å². The molecule has 112 valence electrons. The second-order valence-electron chi connectivity index (χ2n) is 5.53. The topological polar surface area (TPSA) is 58.0 Å². The Balaban J connectivity index is 1.64. The van der Waals surface area contributed by atoms with E-state index in [4.69, 9.17) is 0 Å². The molecule has 0 aromatic carbocycles. The molecule has 21 heavy (non-hydrogen) atoms. The third kappa shape index (κ3) is 3.12. The second kappa shape index (κ2) is 5.93. The van der Waals surface area contributed by atoms with E-state index in [2.05, 4.69) is 43.0 Å². The van der Waals surface area contributed by atoms with E-state index in [0.717, 1.165) is 48.8 Å². The van der Waals surface area contributed by atoms with Crippen molar-refractivity contribution in [2.45, 2.75) is 26.7 Å². The summed E-state index contributed by atoms with van der Waals surface area (Å²) in [4.78, 5) is 17.9. The summed E-state index contributed by atoms with van der Waals surface area (Å²) in [6, 6.07) is 1.98. The Morgan fingerprint density at radius 1 is 1.10 bits per heavy atom. The molecule has 6 nitrogen and oxygen atoms in total. The predicted octanol–water partition coefficient (Wildman–Crippen LogP) is 2.09. The zero-order valence-corrected chi connectivity index (χ0v) is 13.5. The summed E-state index contributed by atoms with van der Waals surface area (Å²) in [5, 5.41) is 1.04. The highest BCUT2D eigenvalue weighted by molar-refractivity contribution is 7.09. The van der Waals surface area contributed by atoms with Crippen molar-refractivity contribution in [2.75, 3.05) is 36.0 Å². The fraction of sp³-hybridized carbons (Fsp3) is 0.571. The zero-order valence-electron chi connectivity index (χ0n) is 12.7. The highest BCUT2D eigenvalue weighted by atomic mass is 32.1. The molecule has 2 aromatic rings. The van der Waals surface area contributed by atoms with E-state index >= 15 is 0 Å². The molecule has 0 atom stereocenters. The molecule has 7 heteroatoms. The normalized spacial score (nSPS) is 15.8. The minimum atomic E-state index is 0.389. The Kier molecular flexibility index (Phi) is 4.01. The van der Waals surface area contributed by atoms with Gasteiger partial charge >= 0.3 is 0 Å². The summed E-state index contributed by atoms with van der Waals surface area (Å²) in [6.45, 7) is 9.99. The monoisotopic (exact) mass is 304 g/mol. The van der Waals surface area contributed by atoms with Crippen molar-refractivity contribution in [3.63, 3.8) is 0 Å². The molecular weight excluding hydrogens is 284 g/mol. The first-order valence-electron chi connectivity index (χ1n) is 7.26. The van der Waals surface area contributed by atoms with E-state index in [9.17, 15) is 0 Å². The van der Waals surface area contributed by atoms with Crippen LogP contribution >= 0.6 is 11.5 Å². The van der Waals surface area contributed by atoms with Gasteiger partial charge in [-0.25, -0.2) is 15.0 Å². The molecule has 0 saturated carbocycles. The third-order valence-corrected chi connectivity index (χ3v) is 4.37. The van der Waals surface area contributed by atoms with Gasteiger partial charge in [0.05, 0.1) is 0 Å². The molecule has 0 unspecified atom stereocenters. The Labute approximate surface area is 129 Å². The van der Waals surface area contributed by atoms with E-state index in [1.165, 1.54) is 11.5 Å². The van der Waals surface area contributed by atoms with Gasteiger partial charge in [-0.1, -0.05) is 13.8 Å². The molecule has 0 bridgehead atoms. The minimum absolute atomic E-state index is 0.389. The predicted molar refractivity (Wildman–Crippen MR) is 85.2 cm³/mol. The summed E-state index contributed by atoms with van der Waals surface area (Å²) in [5.74, 6) is 3.17. The highest BCUT2D eigenvalue weighted by Crippen LogP contribution is 2.23. The number of aromatic nitrogens is 4. The molecule has 1 aliphatic heterocycles. The Morgan fingerprint density at radius 2 is 1.81 bits per heavy atom. The van der Waals surface area contributed by atoms with Crippen LogP contribution in [0, 0.1) is 6.92 Å². The minimum Gasteiger partial charge on any atom is -0.353 e. The summed E-state index contributed by atoms with van der Waals surface area (Å²) >= 11 is 1.50. The Morgan fingerprint density at radius 3 is 2.43 bits per heavy atom. The summed E-state index contributed by atoms with van der Waals surface area (Å²) < 4.78 is 4.43. The number of anilines is 2. The Hall–Kier alpha value is -1.76. The first-order valence-corrected chi connectivity index (χ1v) is 8.04. The maximum atomic E-state index is 4.63. The number of hydrogen-bond donors (Lipinski definition) is 0. The summed E-state index contributed by atoms with van der Waals surface area (Å²) in [7, 11) is 0. The molecule has 0 amide bonds. The first kappa shape index (κ1) is 14.2. The molecular formula is C14H20N6S. The van der Waals surface area contributed by atoms with E-state index in [1.54, 1.807) is 0 Å². The van der Waals surface area contributed by atoms with Gasteiger partial charge in [-0.3, -0.25) is 0 Å². The second-order valence-corrected chi connectivity index (χ2v) is 6.26. The lowest BCUT2D eigenvalue weighted by atomic mass is 10.2. The van der Waals surface area contributed by atoms with Crippen molar-refractivity contribution in [3.8, 4) is 0 Å². The van der Waals surface area contributed by atoms with E-state index < -0.39 is 0 Å². The molecule has 3 heterocycles. The smallest absolute Gasteiger partial charge is 0.205 e. The van der Waals surface area contributed by atoms with Crippen molar-refractivity contribution in [1.29, 1.82) is 0 Å². The van der Waals surface area contributed by atoms with Crippen molar-refractivity contribution in [1.82, 2.24) is 19.3 Å². The number of piperazine rings is 1. The van der Waals surface area contributed by atoms with Gasteiger partial charge in [-0.15, -0.1) is 0 Å². The molecule has 0 aliphatic carbocycles.